The predicted molar refractivity (Wildman–Crippen MR) is 102 cm³/mol. The molecule has 3 rings (SSSR count). The molecular formula is C21H22F3N3O2. The van der Waals surface area contributed by atoms with Crippen LogP contribution < -0.4 is 10.6 Å². The van der Waals surface area contributed by atoms with Gasteiger partial charge in [0.25, 0.3) is 5.91 Å². The number of carbonyl (C=O) groups excluding carboxylic acids is 2. The van der Waals surface area contributed by atoms with E-state index in [-0.39, 0.29) is 6.04 Å². The number of alkyl halides is 3. The SMILES string of the molecule is O=C(NC(=O)c1ccccc1)NC1CCN(Cc2cccc(C(F)(F)F)c2)CC1. The van der Waals surface area contributed by atoms with E-state index in [1.165, 1.54) is 12.1 Å². The number of rotatable bonds is 4. The number of hydrogen-bond acceptors (Lipinski definition) is 3. The van der Waals surface area contributed by atoms with Crippen molar-refractivity contribution in [2.75, 3.05) is 13.1 Å². The number of imide groups is 1. The van der Waals surface area contributed by atoms with Gasteiger partial charge in [-0.15, -0.1) is 0 Å². The fraction of sp³-hybridized carbons (Fsp3) is 0.333. The second-order valence-electron chi connectivity index (χ2n) is 7.04. The zero-order valence-electron chi connectivity index (χ0n) is 15.7. The molecule has 5 nitrogen and oxygen atoms in total. The molecule has 0 atom stereocenters. The highest BCUT2D eigenvalue weighted by atomic mass is 19.4. The van der Waals surface area contributed by atoms with Crippen LogP contribution in [-0.4, -0.2) is 36.0 Å². The zero-order chi connectivity index (χ0) is 20.9. The van der Waals surface area contributed by atoms with Gasteiger partial charge < -0.3 is 5.32 Å². The van der Waals surface area contributed by atoms with Crippen LogP contribution in [0.3, 0.4) is 0 Å². The molecule has 0 radical (unpaired) electrons. The van der Waals surface area contributed by atoms with Crippen molar-refractivity contribution in [1.82, 2.24) is 15.5 Å². The van der Waals surface area contributed by atoms with Crippen LogP contribution in [0, 0.1) is 0 Å². The van der Waals surface area contributed by atoms with E-state index in [0.717, 1.165) is 6.07 Å². The van der Waals surface area contributed by atoms with Crippen LogP contribution in [0.4, 0.5) is 18.0 Å². The number of piperidine rings is 1. The van der Waals surface area contributed by atoms with Gasteiger partial charge in [-0.3, -0.25) is 15.0 Å². The van der Waals surface area contributed by atoms with Gasteiger partial charge in [0.05, 0.1) is 5.56 Å². The Morgan fingerprint density at radius 3 is 2.34 bits per heavy atom. The third-order valence-corrected chi connectivity index (χ3v) is 4.85. The summed E-state index contributed by atoms with van der Waals surface area (Å²) >= 11 is 0. The van der Waals surface area contributed by atoms with Crippen molar-refractivity contribution < 1.29 is 22.8 Å². The number of benzene rings is 2. The molecule has 2 aromatic rings. The lowest BCUT2D eigenvalue weighted by Gasteiger charge is -2.32. The van der Waals surface area contributed by atoms with Crippen molar-refractivity contribution in [1.29, 1.82) is 0 Å². The summed E-state index contributed by atoms with van der Waals surface area (Å²) in [6.45, 7) is 1.72. The molecule has 0 bridgehead atoms. The summed E-state index contributed by atoms with van der Waals surface area (Å²) in [5.74, 6) is -0.468. The number of carbonyl (C=O) groups is 2. The number of hydrogen-bond donors (Lipinski definition) is 2. The van der Waals surface area contributed by atoms with Gasteiger partial charge in [-0.05, 0) is 36.6 Å². The summed E-state index contributed by atoms with van der Waals surface area (Å²) in [6.07, 6.45) is -3.03. The Kier molecular flexibility index (Phi) is 6.53. The first kappa shape index (κ1) is 20.9. The smallest absolute Gasteiger partial charge is 0.335 e. The van der Waals surface area contributed by atoms with E-state index < -0.39 is 23.7 Å². The van der Waals surface area contributed by atoms with Crippen LogP contribution in [0.1, 0.15) is 34.3 Å². The molecule has 1 aliphatic rings. The fourth-order valence-corrected chi connectivity index (χ4v) is 3.33. The molecule has 0 unspecified atom stereocenters. The van der Waals surface area contributed by atoms with Crippen LogP contribution in [-0.2, 0) is 12.7 Å². The highest BCUT2D eigenvalue weighted by Crippen LogP contribution is 2.30. The van der Waals surface area contributed by atoms with Crippen LogP contribution in [0.5, 0.6) is 0 Å². The molecule has 8 heteroatoms. The molecule has 2 N–H and O–H groups in total. The van der Waals surface area contributed by atoms with Crippen molar-refractivity contribution in [3.8, 4) is 0 Å². The first-order valence-corrected chi connectivity index (χ1v) is 9.36. The average Bonchev–Trinajstić information content (AvgIpc) is 2.69. The fourth-order valence-electron chi connectivity index (χ4n) is 3.33. The Balaban J connectivity index is 1.45. The topological polar surface area (TPSA) is 61.4 Å². The molecule has 29 heavy (non-hydrogen) atoms. The molecule has 1 saturated heterocycles. The average molecular weight is 405 g/mol. The van der Waals surface area contributed by atoms with E-state index in [1.54, 1.807) is 36.4 Å². The molecule has 0 aliphatic carbocycles. The van der Waals surface area contributed by atoms with E-state index in [4.69, 9.17) is 0 Å². The number of halogens is 3. The Morgan fingerprint density at radius 1 is 1.00 bits per heavy atom. The van der Waals surface area contributed by atoms with Crippen LogP contribution >= 0.6 is 0 Å². The lowest BCUT2D eigenvalue weighted by molar-refractivity contribution is -0.137. The Bertz CT molecular complexity index is 848. The Labute approximate surface area is 166 Å². The number of urea groups is 1. The van der Waals surface area contributed by atoms with E-state index in [1.807, 2.05) is 0 Å². The largest absolute Gasteiger partial charge is 0.416 e. The van der Waals surface area contributed by atoms with Gasteiger partial charge in [-0.25, -0.2) is 4.79 Å². The zero-order valence-corrected chi connectivity index (χ0v) is 15.7. The first-order valence-electron chi connectivity index (χ1n) is 9.36. The summed E-state index contributed by atoms with van der Waals surface area (Å²) in [5.41, 5.74) is 0.363. The lowest BCUT2D eigenvalue weighted by atomic mass is 10.0. The first-order chi connectivity index (χ1) is 13.8. The molecule has 154 valence electrons. The van der Waals surface area contributed by atoms with E-state index in [9.17, 15) is 22.8 Å². The van der Waals surface area contributed by atoms with Gasteiger partial charge in [0, 0.05) is 31.2 Å². The monoisotopic (exact) mass is 405 g/mol. The maximum atomic E-state index is 12.8. The standard InChI is InChI=1S/C21H22F3N3O2/c22-21(23,24)17-8-4-5-15(13-17)14-27-11-9-18(10-12-27)25-20(29)26-19(28)16-6-2-1-3-7-16/h1-8,13,18H,9-12,14H2,(H2,25,26,28,29). The van der Waals surface area contributed by atoms with Gasteiger partial charge >= 0.3 is 12.2 Å². The molecule has 0 spiro atoms. The van der Waals surface area contributed by atoms with Gasteiger partial charge in [0.1, 0.15) is 0 Å². The summed E-state index contributed by atoms with van der Waals surface area (Å²) in [5, 5.41) is 5.09. The van der Waals surface area contributed by atoms with E-state index in [2.05, 4.69) is 15.5 Å². The quantitative estimate of drug-likeness (QED) is 0.813. The highest BCUT2D eigenvalue weighted by molar-refractivity contribution is 6.04. The number of nitrogens with zero attached hydrogens (tertiary/aromatic N) is 1. The second-order valence-corrected chi connectivity index (χ2v) is 7.04. The van der Waals surface area contributed by atoms with Crippen LogP contribution in [0.2, 0.25) is 0 Å². The second kappa shape index (κ2) is 9.09. The summed E-state index contributed by atoms with van der Waals surface area (Å²) in [7, 11) is 0. The maximum absolute atomic E-state index is 12.8. The van der Waals surface area contributed by atoms with Crippen molar-refractivity contribution in [3.63, 3.8) is 0 Å². The molecule has 1 heterocycles. The van der Waals surface area contributed by atoms with E-state index in [0.29, 0.717) is 43.6 Å². The minimum absolute atomic E-state index is 0.0867. The number of amides is 3. The van der Waals surface area contributed by atoms with Gasteiger partial charge in [0.15, 0.2) is 0 Å². The molecule has 0 aromatic heterocycles. The van der Waals surface area contributed by atoms with Crippen molar-refractivity contribution in [2.24, 2.45) is 0 Å². The minimum Gasteiger partial charge on any atom is -0.335 e. The van der Waals surface area contributed by atoms with E-state index >= 15 is 0 Å². The Morgan fingerprint density at radius 2 is 1.69 bits per heavy atom. The molecule has 0 saturated carbocycles. The number of nitrogens with one attached hydrogen (secondary N) is 2. The van der Waals surface area contributed by atoms with Crippen LogP contribution in [0.25, 0.3) is 0 Å². The van der Waals surface area contributed by atoms with Crippen LogP contribution in [0.15, 0.2) is 54.6 Å². The highest BCUT2D eigenvalue weighted by Gasteiger charge is 2.30. The predicted octanol–water partition coefficient (Wildman–Crippen LogP) is 3.81. The normalized spacial score (nSPS) is 15.7. The third-order valence-electron chi connectivity index (χ3n) is 4.85. The minimum atomic E-state index is -4.35. The van der Waals surface area contributed by atoms with Gasteiger partial charge in [0.2, 0.25) is 0 Å². The summed E-state index contributed by atoms with van der Waals surface area (Å²) in [4.78, 5) is 26.1. The molecular weight excluding hydrogens is 383 g/mol. The molecule has 1 fully saturated rings. The molecule has 3 amide bonds. The van der Waals surface area contributed by atoms with Gasteiger partial charge in [-0.2, -0.15) is 13.2 Å². The Hall–Kier alpha value is -2.87. The summed E-state index contributed by atoms with van der Waals surface area (Å²) in [6, 6.07) is 13.2. The van der Waals surface area contributed by atoms with Gasteiger partial charge in [-0.1, -0.05) is 36.4 Å². The van der Waals surface area contributed by atoms with Crippen molar-refractivity contribution in [2.45, 2.75) is 31.6 Å². The van der Waals surface area contributed by atoms with Crippen molar-refractivity contribution in [3.05, 3.63) is 71.3 Å². The van der Waals surface area contributed by atoms with Crippen molar-refractivity contribution >= 4 is 11.9 Å². The maximum Gasteiger partial charge on any atom is 0.416 e. The number of likely N-dealkylation sites (tertiary alicyclic amines) is 1. The third kappa shape index (κ3) is 6.05. The lowest BCUT2D eigenvalue weighted by Crippen LogP contribution is -2.49. The summed E-state index contributed by atoms with van der Waals surface area (Å²) < 4.78 is 38.5. The molecule has 1 aliphatic heterocycles. The molecule has 2 aromatic carbocycles.